The zero-order valence-corrected chi connectivity index (χ0v) is 14.3. The molecule has 0 aromatic heterocycles. The van der Waals surface area contributed by atoms with Gasteiger partial charge in [-0.2, -0.15) is 0 Å². The summed E-state index contributed by atoms with van der Waals surface area (Å²) in [6, 6.07) is 10.1. The van der Waals surface area contributed by atoms with Gasteiger partial charge in [-0.1, -0.05) is 24.3 Å². The highest BCUT2D eigenvalue weighted by Gasteiger charge is 2.22. The van der Waals surface area contributed by atoms with Crippen LogP contribution in [0.4, 0.5) is 4.39 Å². The zero-order valence-electron chi connectivity index (χ0n) is 13.5. The van der Waals surface area contributed by atoms with E-state index in [2.05, 4.69) is 0 Å². The minimum absolute atomic E-state index is 0.0535. The van der Waals surface area contributed by atoms with Crippen LogP contribution >= 0.6 is 0 Å². The topological polar surface area (TPSA) is 88.5 Å². The standard InChI is InChI=1S/C18H15FO5S/c1-11(20)16(12-5-9-15(10-6-12)25(2,23)24)17(18(21)22)13-3-7-14(19)8-4-13/h3-10H,1-2H3,(H,21,22). The van der Waals surface area contributed by atoms with E-state index in [1.165, 1.54) is 43.3 Å². The van der Waals surface area contributed by atoms with Crippen molar-refractivity contribution < 1.29 is 27.5 Å². The molecule has 0 heterocycles. The van der Waals surface area contributed by atoms with Crippen LogP contribution < -0.4 is 0 Å². The number of carboxylic acid groups (broad SMARTS) is 1. The summed E-state index contributed by atoms with van der Waals surface area (Å²) in [6.07, 6.45) is 1.05. The third-order valence-corrected chi connectivity index (χ3v) is 4.65. The van der Waals surface area contributed by atoms with Gasteiger partial charge in [-0.25, -0.2) is 17.6 Å². The molecule has 0 saturated heterocycles. The van der Waals surface area contributed by atoms with Gasteiger partial charge in [-0.05, 0) is 42.3 Å². The van der Waals surface area contributed by atoms with Crippen LogP contribution in [0.15, 0.2) is 53.4 Å². The van der Waals surface area contributed by atoms with Crippen LogP contribution in [0.25, 0.3) is 11.1 Å². The molecule has 130 valence electrons. The Morgan fingerprint density at radius 3 is 1.72 bits per heavy atom. The number of benzene rings is 2. The largest absolute Gasteiger partial charge is 0.478 e. The molecule has 0 unspecified atom stereocenters. The molecule has 2 aromatic rings. The van der Waals surface area contributed by atoms with Crippen molar-refractivity contribution in [2.75, 3.05) is 6.26 Å². The van der Waals surface area contributed by atoms with E-state index in [9.17, 15) is 27.5 Å². The monoisotopic (exact) mass is 362 g/mol. The fourth-order valence-electron chi connectivity index (χ4n) is 2.38. The summed E-state index contributed by atoms with van der Waals surface area (Å²) in [5, 5.41) is 9.56. The molecule has 5 nitrogen and oxygen atoms in total. The quantitative estimate of drug-likeness (QED) is 0.653. The molecule has 0 saturated carbocycles. The number of carboxylic acids is 1. The minimum atomic E-state index is -3.42. The first-order chi connectivity index (χ1) is 11.6. The number of Topliss-reactive ketones (excluding diaryl/α,β-unsaturated/α-hetero) is 1. The van der Waals surface area contributed by atoms with Crippen LogP contribution in [-0.4, -0.2) is 31.5 Å². The second-order valence-electron chi connectivity index (χ2n) is 5.41. The molecule has 7 heteroatoms. The Hall–Kier alpha value is -2.80. The molecule has 0 spiro atoms. The summed E-state index contributed by atoms with van der Waals surface area (Å²) in [5.74, 6) is -2.38. The van der Waals surface area contributed by atoms with Crippen molar-refractivity contribution in [1.82, 2.24) is 0 Å². The molecule has 0 aliphatic rings. The highest BCUT2D eigenvalue weighted by atomic mass is 32.2. The lowest BCUT2D eigenvalue weighted by molar-refractivity contribution is -0.130. The van der Waals surface area contributed by atoms with E-state index in [0.717, 1.165) is 18.4 Å². The molecule has 2 aromatic carbocycles. The summed E-state index contributed by atoms with van der Waals surface area (Å²) < 4.78 is 36.2. The minimum Gasteiger partial charge on any atom is -0.478 e. The predicted octanol–water partition coefficient (Wildman–Crippen LogP) is 2.81. The first-order valence-corrected chi connectivity index (χ1v) is 9.05. The Kier molecular flexibility index (Phi) is 5.18. The number of allylic oxidation sites excluding steroid dienone is 1. The molecular formula is C18H15FO5S. The van der Waals surface area contributed by atoms with E-state index >= 15 is 0 Å². The van der Waals surface area contributed by atoms with E-state index < -0.39 is 27.4 Å². The fraction of sp³-hybridized carbons (Fsp3) is 0.111. The molecule has 0 fully saturated rings. The Labute approximate surface area is 144 Å². The van der Waals surface area contributed by atoms with E-state index in [1.54, 1.807) is 0 Å². The van der Waals surface area contributed by atoms with Gasteiger partial charge in [0, 0.05) is 11.8 Å². The van der Waals surface area contributed by atoms with Crippen LogP contribution in [0.1, 0.15) is 18.1 Å². The average molecular weight is 362 g/mol. The number of sulfone groups is 1. The van der Waals surface area contributed by atoms with E-state index in [-0.39, 0.29) is 27.2 Å². The summed E-state index contributed by atoms with van der Waals surface area (Å²) in [7, 11) is -3.42. The molecule has 0 atom stereocenters. The lowest BCUT2D eigenvalue weighted by atomic mass is 9.92. The highest BCUT2D eigenvalue weighted by Crippen LogP contribution is 2.28. The summed E-state index contributed by atoms with van der Waals surface area (Å²) in [5.41, 5.74) is 0.0756. The molecule has 0 aliphatic heterocycles. The third-order valence-electron chi connectivity index (χ3n) is 3.52. The van der Waals surface area contributed by atoms with E-state index in [1.807, 2.05) is 0 Å². The van der Waals surface area contributed by atoms with Gasteiger partial charge in [-0.15, -0.1) is 0 Å². The first kappa shape index (κ1) is 18.5. The Bertz CT molecular complexity index is 956. The Morgan fingerprint density at radius 2 is 1.32 bits per heavy atom. The average Bonchev–Trinajstić information content (AvgIpc) is 2.52. The maximum Gasteiger partial charge on any atom is 0.337 e. The zero-order chi connectivity index (χ0) is 18.8. The van der Waals surface area contributed by atoms with Gasteiger partial charge in [0.25, 0.3) is 0 Å². The van der Waals surface area contributed by atoms with Crippen molar-refractivity contribution in [2.24, 2.45) is 0 Å². The smallest absolute Gasteiger partial charge is 0.337 e. The highest BCUT2D eigenvalue weighted by molar-refractivity contribution is 7.90. The number of halogens is 1. The first-order valence-electron chi connectivity index (χ1n) is 7.16. The number of carbonyl (C=O) groups excluding carboxylic acids is 1. The summed E-state index contributed by atoms with van der Waals surface area (Å²) >= 11 is 0. The lowest BCUT2D eigenvalue weighted by Gasteiger charge is -2.11. The van der Waals surface area contributed by atoms with Crippen molar-refractivity contribution in [3.05, 3.63) is 65.5 Å². The number of aliphatic carboxylic acids is 1. The van der Waals surface area contributed by atoms with E-state index in [4.69, 9.17) is 0 Å². The normalized spacial score (nSPS) is 12.4. The van der Waals surface area contributed by atoms with Gasteiger partial charge < -0.3 is 5.11 Å². The summed E-state index contributed by atoms with van der Waals surface area (Å²) in [4.78, 5) is 23.9. The van der Waals surface area contributed by atoms with Crippen LogP contribution in [-0.2, 0) is 19.4 Å². The molecule has 25 heavy (non-hydrogen) atoms. The van der Waals surface area contributed by atoms with Crippen molar-refractivity contribution in [1.29, 1.82) is 0 Å². The van der Waals surface area contributed by atoms with Crippen molar-refractivity contribution in [2.45, 2.75) is 11.8 Å². The molecule has 0 radical (unpaired) electrons. The lowest BCUT2D eigenvalue weighted by Crippen LogP contribution is -2.09. The second-order valence-corrected chi connectivity index (χ2v) is 7.43. The van der Waals surface area contributed by atoms with Gasteiger partial charge in [0.15, 0.2) is 15.6 Å². The molecular weight excluding hydrogens is 347 g/mol. The van der Waals surface area contributed by atoms with Gasteiger partial charge in [-0.3, -0.25) is 4.79 Å². The molecule has 1 N–H and O–H groups in total. The van der Waals surface area contributed by atoms with Crippen LogP contribution in [0.2, 0.25) is 0 Å². The maximum atomic E-state index is 13.1. The fourth-order valence-corrected chi connectivity index (χ4v) is 3.01. The number of carbonyl (C=O) groups is 2. The predicted molar refractivity (Wildman–Crippen MR) is 91.1 cm³/mol. The molecule has 0 amide bonds. The van der Waals surface area contributed by atoms with Gasteiger partial charge >= 0.3 is 5.97 Å². The van der Waals surface area contributed by atoms with Gasteiger partial charge in [0.05, 0.1) is 10.5 Å². The second kappa shape index (κ2) is 6.98. The molecule has 0 aliphatic carbocycles. The third kappa shape index (κ3) is 4.19. The van der Waals surface area contributed by atoms with Crippen LogP contribution in [0.5, 0.6) is 0 Å². The SMILES string of the molecule is CC(=O)C(=C(C(=O)O)c1ccc(F)cc1)c1ccc(S(C)(=O)=O)cc1. The van der Waals surface area contributed by atoms with Crippen molar-refractivity contribution in [3.8, 4) is 0 Å². The number of hydrogen-bond acceptors (Lipinski definition) is 4. The number of hydrogen-bond donors (Lipinski definition) is 1. The number of ketones is 1. The van der Waals surface area contributed by atoms with Crippen LogP contribution in [0.3, 0.4) is 0 Å². The molecule has 2 rings (SSSR count). The van der Waals surface area contributed by atoms with Crippen molar-refractivity contribution >= 4 is 32.7 Å². The van der Waals surface area contributed by atoms with Crippen molar-refractivity contribution in [3.63, 3.8) is 0 Å². The molecule has 0 bridgehead atoms. The van der Waals surface area contributed by atoms with Crippen LogP contribution in [0, 0.1) is 5.82 Å². The number of rotatable bonds is 5. The summed E-state index contributed by atoms with van der Waals surface area (Å²) in [6.45, 7) is 1.21. The Morgan fingerprint density at radius 1 is 0.880 bits per heavy atom. The van der Waals surface area contributed by atoms with Gasteiger partial charge in [0.2, 0.25) is 0 Å². The van der Waals surface area contributed by atoms with E-state index in [0.29, 0.717) is 0 Å². The Balaban J connectivity index is 2.71. The van der Waals surface area contributed by atoms with Gasteiger partial charge in [0.1, 0.15) is 5.82 Å². The maximum absolute atomic E-state index is 13.1.